The number of sulfonamides is 1. The van der Waals surface area contributed by atoms with E-state index in [1.807, 2.05) is 20.8 Å². The van der Waals surface area contributed by atoms with Gasteiger partial charge in [0.15, 0.2) is 0 Å². The fourth-order valence-electron chi connectivity index (χ4n) is 1.31. The van der Waals surface area contributed by atoms with Crippen molar-refractivity contribution in [1.82, 2.24) is 4.72 Å². The van der Waals surface area contributed by atoms with Crippen LogP contribution >= 0.6 is 0 Å². The summed E-state index contributed by atoms with van der Waals surface area (Å²) in [5.41, 5.74) is 0. The highest BCUT2D eigenvalue weighted by Crippen LogP contribution is 2.20. The van der Waals surface area contributed by atoms with Crippen molar-refractivity contribution in [1.29, 1.82) is 0 Å². The predicted octanol–water partition coefficient (Wildman–Crippen LogP) is 1.40. The zero-order valence-electron chi connectivity index (χ0n) is 10.5. The van der Waals surface area contributed by atoms with Gasteiger partial charge in [-0.05, 0) is 19.8 Å². The third-order valence-corrected chi connectivity index (χ3v) is 4.38. The van der Waals surface area contributed by atoms with Crippen LogP contribution in [0.25, 0.3) is 0 Å². The molecule has 2 N–H and O–H groups in total. The highest BCUT2D eigenvalue weighted by atomic mass is 32.2. The second-order valence-corrected chi connectivity index (χ2v) is 6.13. The second-order valence-electron chi connectivity index (χ2n) is 4.45. The van der Waals surface area contributed by atoms with Gasteiger partial charge in [0.05, 0.1) is 0 Å². The van der Waals surface area contributed by atoms with Crippen molar-refractivity contribution in [3.8, 4) is 0 Å². The van der Waals surface area contributed by atoms with Crippen molar-refractivity contribution in [2.24, 2.45) is 5.92 Å². The first kappa shape index (κ1) is 14.2. The molecule has 0 amide bonds. The van der Waals surface area contributed by atoms with Crippen LogP contribution in [-0.4, -0.2) is 19.6 Å². The number of aryl methyl sites for hydroxylation is 1. The average Bonchev–Trinajstić information content (AvgIpc) is 2.59. The fourth-order valence-corrected chi connectivity index (χ4v) is 2.91. The van der Waals surface area contributed by atoms with Crippen molar-refractivity contribution < 1.29 is 17.9 Å². The van der Waals surface area contributed by atoms with E-state index in [9.17, 15) is 8.42 Å². The zero-order chi connectivity index (χ0) is 13.2. The summed E-state index contributed by atoms with van der Waals surface area (Å²) >= 11 is 0. The summed E-state index contributed by atoms with van der Waals surface area (Å²) in [5.74, 6) is 0.742. The van der Waals surface area contributed by atoms with Crippen LogP contribution in [0.4, 0.5) is 0 Å². The van der Waals surface area contributed by atoms with Gasteiger partial charge in [0.1, 0.15) is 23.0 Å². The lowest BCUT2D eigenvalue weighted by molar-refractivity contribution is 0.244. The van der Waals surface area contributed by atoms with Crippen molar-refractivity contribution in [3.05, 3.63) is 17.6 Å². The van der Waals surface area contributed by atoms with E-state index in [2.05, 4.69) is 4.72 Å². The minimum atomic E-state index is -3.58. The third-order valence-electron chi connectivity index (χ3n) is 2.71. The largest absolute Gasteiger partial charge is 0.462 e. The molecule has 5 nitrogen and oxygen atoms in total. The molecule has 0 fully saturated rings. The third kappa shape index (κ3) is 3.31. The van der Waals surface area contributed by atoms with Gasteiger partial charge in [-0.1, -0.05) is 13.8 Å². The number of aliphatic hydroxyl groups excluding tert-OH is 1. The van der Waals surface area contributed by atoms with E-state index in [-0.39, 0.29) is 35.0 Å². The monoisotopic (exact) mass is 261 g/mol. The molecule has 98 valence electrons. The molecule has 1 aromatic rings. The Morgan fingerprint density at radius 1 is 1.41 bits per heavy atom. The van der Waals surface area contributed by atoms with Crippen LogP contribution in [-0.2, 0) is 16.6 Å². The lowest BCUT2D eigenvalue weighted by Crippen LogP contribution is -2.36. The van der Waals surface area contributed by atoms with E-state index in [4.69, 9.17) is 9.52 Å². The topological polar surface area (TPSA) is 79.5 Å². The Kier molecular flexibility index (Phi) is 4.35. The molecule has 1 aromatic heterocycles. The Hall–Kier alpha value is -0.850. The number of furan rings is 1. The SMILES string of the molecule is Cc1oc(CO)cc1S(=O)(=O)NC(C)C(C)C. The molecule has 0 saturated heterocycles. The summed E-state index contributed by atoms with van der Waals surface area (Å²) in [6.45, 7) is 6.94. The van der Waals surface area contributed by atoms with Crippen LogP contribution in [0.3, 0.4) is 0 Å². The molecule has 0 aliphatic rings. The molecule has 1 heterocycles. The predicted molar refractivity (Wildman–Crippen MR) is 64.0 cm³/mol. The quantitative estimate of drug-likeness (QED) is 0.839. The van der Waals surface area contributed by atoms with Crippen LogP contribution in [0.2, 0.25) is 0 Å². The van der Waals surface area contributed by atoms with Crippen molar-refractivity contribution in [2.45, 2.75) is 45.2 Å². The van der Waals surface area contributed by atoms with Gasteiger partial charge in [0.25, 0.3) is 0 Å². The number of rotatable bonds is 5. The van der Waals surface area contributed by atoms with Crippen molar-refractivity contribution >= 4 is 10.0 Å². The maximum Gasteiger partial charge on any atom is 0.244 e. The summed E-state index contributed by atoms with van der Waals surface area (Å²) in [7, 11) is -3.58. The summed E-state index contributed by atoms with van der Waals surface area (Å²) in [4.78, 5) is 0.0917. The summed E-state index contributed by atoms with van der Waals surface area (Å²) < 4.78 is 31.8. The summed E-state index contributed by atoms with van der Waals surface area (Å²) in [6, 6.07) is 1.19. The first-order valence-corrected chi connectivity index (χ1v) is 6.98. The molecule has 0 aromatic carbocycles. The Bertz CT molecular complexity index is 476. The second kappa shape index (κ2) is 5.20. The van der Waals surface area contributed by atoms with Crippen LogP contribution in [0.5, 0.6) is 0 Å². The van der Waals surface area contributed by atoms with Crippen molar-refractivity contribution in [2.75, 3.05) is 0 Å². The number of hydrogen-bond acceptors (Lipinski definition) is 4. The molecule has 17 heavy (non-hydrogen) atoms. The molecule has 0 saturated carbocycles. The van der Waals surface area contributed by atoms with Gasteiger partial charge in [0.2, 0.25) is 10.0 Å². The molecule has 0 spiro atoms. The van der Waals surface area contributed by atoms with Gasteiger partial charge >= 0.3 is 0 Å². The van der Waals surface area contributed by atoms with Gasteiger partial charge in [-0.3, -0.25) is 0 Å². The first-order valence-electron chi connectivity index (χ1n) is 5.50. The smallest absolute Gasteiger partial charge is 0.244 e. The van der Waals surface area contributed by atoms with Crippen LogP contribution in [0.15, 0.2) is 15.4 Å². The zero-order valence-corrected chi connectivity index (χ0v) is 11.3. The van der Waals surface area contributed by atoms with Crippen LogP contribution < -0.4 is 4.72 Å². The molecule has 0 bridgehead atoms. The van der Waals surface area contributed by atoms with Gasteiger partial charge in [-0.25, -0.2) is 13.1 Å². The van der Waals surface area contributed by atoms with E-state index in [0.29, 0.717) is 0 Å². The minimum absolute atomic E-state index is 0.0917. The standard InChI is InChI=1S/C11H19NO4S/c1-7(2)8(3)12-17(14,15)11-5-10(6-13)16-9(11)4/h5,7-8,12-13H,6H2,1-4H3. The molecule has 1 atom stereocenters. The van der Waals surface area contributed by atoms with Gasteiger partial charge in [0, 0.05) is 12.1 Å². The number of nitrogens with one attached hydrogen (secondary N) is 1. The molecule has 1 rings (SSSR count). The van der Waals surface area contributed by atoms with Crippen LogP contribution in [0, 0.1) is 12.8 Å². The maximum atomic E-state index is 12.0. The van der Waals surface area contributed by atoms with Crippen LogP contribution in [0.1, 0.15) is 32.3 Å². The molecule has 0 aliphatic heterocycles. The number of aliphatic hydroxyl groups is 1. The molecular weight excluding hydrogens is 242 g/mol. The molecule has 1 unspecified atom stereocenters. The minimum Gasteiger partial charge on any atom is -0.462 e. The summed E-state index contributed by atoms with van der Waals surface area (Å²) in [5, 5.41) is 8.90. The Balaban J connectivity index is 3.01. The van der Waals surface area contributed by atoms with Gasteiger partial charge < -0.3 is 9.52 Å². The molecule has 6 heteroatoms. The Labute approximate surface area is 102 Å². The van der Waals surface area contributed by atoms with E-state index in [0.717, 1.165) is 0 Å². The van der Waals surface area contributed by atoms with E-state index in [1.165, 1.54) is 6.07 Å². The van der Waals surface area contributed by atoms with Gasteiger partial charge in [-0.2, -0.15) is 0 Å². The molecule has 0 radical (unpaired) electrons. The highest BCUT2D eigenvalue weighted by molar-refractivity contribution is 7.89. The van der Waals surface area contributed by atoms with Gasteiger partial charge in [-0.15, -0.1) is 0 Å². The normalized spacial score (nSPS) is 14.2. The highest BCUT2D eigenvalue weighted by Gasteiger charge is 2.24. The first-order chi connectivity index (χ1) is 7.77. The number of hydrogen-bond donors (Lipinski definition) is 2. The molecule has 0 aliphatic carbocycles. The van der Waals surface area contributed by atoms with Crippen molar-refractivity contribution in [3.63, 3.8) is 0 Å². The average molecular weight is 261 g/mol. The molecular formula is C11H19NO4S. The summed E-state index contributed by atoms with van der Waals surface area (Å²) in [6.07, 6.45) is 0. The fraction of sp³-hybridized carbons (Fsp3) is 0.636. The van der Waals surface area contributed by atoms with E-state index in [1.54, 1.807) is 6.92 Å². The van der Waals surface area contributed by atoms with E-state index < -0.39 is 10.0 Å². The maximum absolute atomic E-state index is 12.0. The lowest BCUT2D eigenvalue weighted by atomic mass is 10.1. The Morgan fingerprint density at radius 2 is 2.00 bits per heavy atom. The lowest BCUT2D eigenvalue weighted by Gasteiger charge is -2.16. The Morgan fingerprint density at radius 3 is 2.41 bits per heavy atom. The van der Waals surface area contributed by atoms with E-state index >= 15 is 0 Å².